The van der Waals surface area contributed by atoms with Gasteiger partial charge in [0.05, 0.1) is 10.6 Å². The van der Waals surface area contributed by atoms with Gasteiger partial charge in [0.2, 0.25) is 0 Å². The van der Waals surface area contributed by atoms with E-state index >= 15 is 0 Å². The largest absolute Gasteiger partial charge is 0.294 e. The van der Waals surface area contributed by atoms with E-state index in [1.54, 1.807) is 18.2 Å². The van der Waals surface area contributed by atoms with E-state index in [1.807, 2.05) is 19.1 Å². The predicted molar refractivity (Wildman–Crippen MR) is 94.1 cm³/mol. The molecule has 0 aromatic heterocycles. The molecule has 0 saturated carbocycles. The zero-order valence-corrected chi connectivity index (χ0v) is 13.8. The van der Waals surface area contributed by atoms with Gasteiger partial charge in [0.1, 0.15) is 5.69 Å². The van der Waals surface area contributed by atoms with Gasteiger partial charge in [-0.15, -0.1) is 0 Å². The Bertz CT molecular complexity index is 729. The van der Waals surface area contributed by atoms with Crippen molar-refractivity contribution in [1.29, 1.82) is 0 Å². The first-order valence-electron chi connectivity index (χ1n) is 7.43. The summed E-state index contributed by atoms with van der Waals surface area (Å²) in [4.78, 5) is 10.6. The van der Waals surface area contributed by atoms with E-state index in [-0.39, 0.29) is 11.1 Å². The van der Waals surface area contributed by atoms with E-state index in [1.165, 1.54) is 11.6 Å². The zero-order valence-electron chi connectivity index (χ0n) is 13.8. The summed E-state index contributed by atoms with van der Waals surface area (Å²) < 4.78 is 0. The molecule has 5 nitrogen and oxygen atoms in total. The Hall–Kier alpha value is -2.69. The Balaban J connectivity index is 2.19. The monoisotopic (exact) mass is 311 g/mol. The maximum absolute atomic E-state index is 11.0. The van der Waals surface area contributed by atoms with Crippen LogP contribution in [0.4, 0.5) is 11.4 Å². The van der Waals surface area contributed by atoms with Crippen LogP contribution in [0.5, 0.6) is 0 Å². The molecule has 23 heavy (non-hydrogen) atoms. The Morgan fingerprint density at radius 3 is 2.26 bits per heavy atom. The van der Waals surface area contributed by atoms with Gasteiger partial charge in [-0.2, -0.15) is 5.10 Å². The average molecular weight is 311 g/mol. The quantitative estimate of drug-likeness (QED) is 0.504. The van der Waals surface area contributed by atoms with Crippen LogP contribution in [0.15, 0.2) is 53.6 Å². The molecule has 1 N–H and O–H groups in total. The van der Waals surface area contributed by atoms with Crippen molar-refractivity contribution in [1.82, 2.24) is 0 Å². The zero-order chi connectivity index (χ0) is 17.0. The summed E-state index contributed by atoms with van der Waals surface area (Å²) in [6.07, 6.45) is 0. The minimum absolute atomic E-state index is 0.00660. The van der Waals surface area contributed by atoms with Crippen molar-refractivity contribution in [2.45, 2.75) is 33.1 Å². The highest BCUT2D eigenvalue weighted by Gasteiger charge is 2.14. The summed E-state index contributed by atoms with van der Waals surface area (Å²) in [6, 6.07) is 14.6. The molecular weight excluding hydrogens is 290 g/mol. The number of rotatable bonds is 4. The average Bonchev–Trinajstić information content (AvgIpc) is 2.52. The van der Waals surface area contributed by atoms with Crippen molar-refractivity contribution in [3.8, 4) is 0 Å². The van der Waals surface area contributed by atoms with Gasteiger partial charge in [-0.25, -0.2) is 0 Å². The second-order valence-electron chi connectivity index (χ2n) is 6.41. The number of nitrogens with zero attached hydrogens (tertiary/aromatic N) is 2. The van der Waals surface area contributed by atoms with Crippen LogP contribution in [-0.2, 0) is 5.41 Å². The van der Waals surface area contributed by atoms with Gasteiger partial charge < -0.3 is 0 Å². The molecule has 0 unspecified atom stereocenters. The number of para-hydroxylation sites is 2. The first kappa shape index (κ1) is 16.7. The van der Waals surface area contributed by atoms with E-state index in [4.69, 9.17) is 0 Å². The Labute approximate surface area is 136 Å². The topological polar surface area (TPSA) is 67.5 Å². The summed E-state index contributed by atoms with van der Waals surface area (Å²) in [6.45, 7) is 8.37. The first-order valence-corrected chi connectivity index (χ1v) is 7.43. The highest BCUT2D eigenvalue weighted by molar-refractivity contribution is 5.99. The number of hydrazone groups is 1. The Morgan fingerprint density at radius 1 is 1.09 bits per heavy atom. The summed E-state index contributed by atoms with van der Waals surface area (Å²) in [5, 5.41) is 15.2. The Kier molecular flexibility index (Phi) is 4.79. The predicted octanol–water partition coefficient (Wildman–Crippen LogP) is 4.73. The highest BCUT2D eigenvalue weighted by atomic mass is 16.6. The summed E-state index contributed by atoms with van der Waals surface area (Å²) in [7, 11) is 0. The molecule has 0 spiro atoms. The smallest absolute Gasteiger partial charge is 0.271 e. The third-order valence-electron chi connectivity index (χ3n) is 3.61. The molecule has 0 heterocycles. The minimum Gasteiger partial charge on any atom is -0.271 e. The van der Waals surface area contributed by atoms with Crippen LogP contribution < -0.4 is 5.43 Å². The van der Waals surface area contributed by atoms with Crippen LogP contribution in [0.25, 0.3) is 0 Å². The molecular formula is C18H21N3O2. The molecule has 0 atom stereocenters. The van der Waals surface area contributed by atoms with Crippen LogP contribution in [0.3, 0.4) is 0 Å². The number of hydrogen-bond acceptors (Lipinski definition) is 4. The van der Waals surface area contributed by atoms with Crippen molar-refractivity contribution in [2.24, 2.45) is 5.10 Å². The number of nitro benzene ring substituents is 1. The highest BCUT2D eigenvalue weighted by Crippen LogP contribution is 2.24. The molecule has 0 radical (unpaired) electrons. The molecule has 0 aliphatic heterocycles. The third kappa shape index (κ3) is 4.16. The standard InChI is InChI=1S/C18H21N3O2/c1-13(14-9-11-15(12-10-14)18(2,3)4)19-20-16-7-5-6-8-17(16)21(22)23/h5-12,20H,1-4H3/b19-13+. The first-order chi connectivity index (χ1) is 10.8. The van der Waals surface area contributed by atoms with Crippen molar-refractivity contribution >= 4 is 17.1 Å². The van der Waals surface area contributed by atoms with E-state index < -0.39 is 4.92 Å². The van der Waals surface area contributed by atoms with Gasteiger partial charge in [-0.1, -0.05) is 57.2 Å². The molecule has 2 rings (SSSR count). The van der Waals surface area contributed by atoms with Crippen molar-refractivity contribution in [3.63, 3.8) is 0 Å². The molecule has 0 amide bonds. The van der Waals surface area contributed by atoms with Crippen LogP contribution >= 0.6 is 0 Å². The van der Waals surface area contributed by atoms with Crippen molar-refractivity contribution in [2.75, 3.05) is 5.43 Å². The molecule has 0 aliphatic rings. The van der Waals surface area contributed by atoms with Crippen LogP contribution in [0.2, 0.25) is 0 Å². The minimum atomic E-state index is -0.425. The van der Waals surface area contributed by atoms with Gasteiger partial charge in [-0.05, 0) is 29.5 Å². The Morgan fingerprint density at radius 2 is 1.70 bits per heavy atom. The van der Waals surface area contributed by atoms with E-state index in [0.717, 1.165) is 11.3 Å². The van der Waals surface area contributed by atoms with Crippen molar-refractivity contribution in [3.05, 3.63) is 69.8 Å². The number of benzene rings is 2. The number of hydrogen-bond donors (Lipinski definition) is 1. The molecule has 2 aromatic carbocycles. The molecule has 0 bridgehead atoms. The summed E-state index contributed by atoms with van der Waals surface area (Å²) in [5.74, 6) is 0. The molecule has 0 aliphatic carbocycles. The van der Waals surface area contributed by atoms with Gasteiger partial charge in [0.15, 0.2) is 0 Å². The van der Waals surface area contributed by atoms with Gasteiger partial charge in [0, 0.05) is 6.07 Å². The fraction of sp³-hybridized carbons (Fsp3) is 0.278. The van der Waals surface area contributed by atoms with Crippen molar-refractivity contribution < 1.29 is 4.92 Å². The van der Waals surface area contributed by atoms with E-state index in [9.17, 15) is 10.1 Å². The third-order valence-corrected chi connectivity index (χ3v) is 3.61. The number of nitrogens with one attached hydrogen (secondary N) is 1. The lowest BCUT2D eigenvalue weighted by molar-refractivity contribution is -0.384. The maximum atomic E-state index is 11.0. The summed E-state index contributed by atoms with van der Waals surface area (Å²) in [5.41, 5.74) is 6.27. The lowest BCUT2D eigenvalue weighted by atomic mass is 9.86. The molecule has 5 heteroatoms. The molecule has 0 fully saturated rings. The lowest BCUT2D eigenvalue weighted by Crippen LogP contribution is -2.11. The summed E-state index contributed by atoms with van der Waals surface area (Å²) >= 11 is 0. The second kappa shape index (κ2) is 6.60. The normalized spacial score (nSPS) is 12.1. The molecule has 2 aromatic rings. The van der Waals surface area contributed by atoms with Gasteiger partial charge in [-0.3, -0.25) is 15.5 Å². The molecule has 120 valence electrons. The maximum Gasteiger partial charge on any atom is 0.294 e. The van der Waals surface area contributed by atoms with E-state index in [2.05, 4.69) is 43.4 Å². The van der Waals surface area contributed by atoms with Crippen LogP contribution in [0.1, 0.15) is 38.8 Å². The SMILES string of the molecule is C/C(=N\Nc1ccccc1[N+](=O)[O-])c1ccc(C(C)(C)C)cc1. The van der Waals surface area contributed by atoms with Gasteiger partial charge >= 0.3 is 0 Å². The van der Waals surface area contributed by atoms with Gasteiger partial charge in [0.25, 0.3) is 5.69 Å². The number of anilines is 1. The molecule has 0 saturated heterocycles. The van der Waals surface area contributed by atoms with E-state index in [0.29, 0.717) is 5.69 Å². The van der Waals surface area contributed by atoms with Crippen LogP contribution in [0, 0.1) is 10.1 Å². The second-order valence-corrected chi connectivity index (χ2v) is 6.41. The fourth-order valence-corrected chi connectivity index (χ4v) is 2.15. The lowest BCUT2D eigenvalue weighted by Gasteiger charge is -2.19. The fourth-order valence-electron chi connectivity index (χ4n) is 2.15. The van der Waals surface area contributed by atoms with Crippen LogP contribution in [-0.4, -0.2) is 10.6 Å². The number of nitro groups is 1.